The van der Waals surface area contributed by atoms with Crippen molar-refractivity contribution in [2.75, 3.05) is 26.7 Å². The fraction of sp³-hybridized carbons (Fsp3) is 0.435. The van der Waals surface area contributed by atoms with Crippen LogP contribution in [0, 0.1) is 5.92 Å². The van der Waals surface area contributed by atoms with Gasteiger partial charge in [0.25, 0.3) is 5.56 Å². The van der Waals surface area contributed by atoms with Crippen LogP contribution < -0.4 is 10.9 Å². The number of carbonyl (C=O) groups excluding carboxylic acids is 1. The molecule has 1 saturated heterocycles. The van der Waals surface area contributed by atoms with Crippen molar-refractivity contribution in [3.63, 3.8) is 0 Å². The van der Waals surface area contributed by atoms with E-state index in [2.05, 4.69) is 27.3 Å². The standard InChI is InChI=1S/C23H30N4O3.HI/c1-3-30-22(29)20-7-6-14-27(17-20)23(24-2)25-15-18-9-11-19(12-10-18)16-26-13-5-4-8-21(26)28;/h4-5,8-13,20H,3,6-7,14-17H2,1-2H3,(H,24,25);1H. The maximum Gasteiger partial charge on any atom is 0.310 e. The smallest absolute Gasteiger partial charge is 0.310 e. The number of likely N-dealkylation sites (tertiary alicyclic amines) is 1. The Kier molecular flexibility index (Phi) is 10.0. The van der Waals surface area contributed by atoms with E-state index in [1.54, 1.807) is 29.9 Å². The Hall–Kier alpha value is -2.36. The van der Waals surface area contributed by atoms with E-state index in [1.807, 2.05) is 25.1 Å². The Morgan fingerprint density at radius 3 is 2.61 bits per heavy atom. The van der Waals surface area contributed by atoms with Crippen LogP contribution in [0.4, 0.5) is 0 Å². The molecule has 0 radical (unpaired) electrons. The lowest BCUT2D eigenvalue weighted by molar-refractivity contribution is -0.149. The molecule has 3 rings (SSSR count). The van der Waals surface area contributed by atoms with Crippen molar-refractivity contribution in [3.8, 4) is 0 Å². The fourth-order valence-corrected chi connectivity index (χ4v) is 3.69. The zero-order valence-electron chi connectivity index (χ0n) is 18.1. The lowest BCUT2D eigenvalue weighted by Crippen LogP contribution is -2.48. The number of nitrogens with zero attached hydrogens (tertiary/aromatic N) is 3. The van der Waals surface area contributed by atoms with Crippen molar-refractivity contribution in [2.45, 2.75) is 32.9 Å². The van der Waals surface area contributed by atoms with Crippen molar-refractivity contribution in [3.05, 3.63) is 70.1 Å². The maximum absolute atomic E-state index is 12.1. The highest BCUT2D eigenvalue weighted by atomic mass is 127. The Morgan fingerprint density at radius 2 is 1.94 bits per heavy atom. The number of aliphatic imine (C=N–C) groups is 1. The molecule has 0 aliphatic carbocycles. The number of benzene rings is 1. The highest BCUT2D eigenvalue weighted by Crippen LogP contribution is 2.18. The summed E-state index contributed by atoms with van der Waals surface area (Å²) in [6.45, 7) is 4.94. The summed E-state index contributed by atoms with van der Waals surface area (Å²) >= 11 is 0. The Balaban J connectivity index is 0.00000341. The van der Waals surface area contributed by atoms with E-state index < -0.39 is 0 Å². The normalized spacial score (nSPS) is 16.4. The number of aromatic nitrogens is 1. The first-order chi connectivity index (χ1) is 14.6. The van der Waals surface area contributed by atoms with Crippen LogP contribution in [-0.2, 0) is 22.6 Å². The van der Waals surface area contributed by atoms with Gasteiger partial charge in [-0.1, -0.05) is 30.3 Å². The van der Waals surface area contributed by atoms with Crippen LogP contribution in [0.15, 0.2) is 58.4 Å². The molecule has 1 aromatic carbocycles. The first-order valence-corrected chi connectivity index (χ1v) is 10.5. The number of carbonyl (C=O) groups is 1. The first-order valence-electron chi connectivity index (χ1n) is 10.5. The third-order valence-corrected chi connectivity index (χ3v) is 5.28. The molecule has 1 unspecified atom stereocenters. The van der Waals surface area contributed by atoms with Gasteiger partial charge in [-0.25, -0.2) is 0 Å². The van der Waals surface area contributed by atoms with Gasteiger partial charge in [0, 0.05) is 38.9 Å². The van der Waals surface area contributed by atoms with Crippen LogP contribution >= 0.6 is 24.0 Å². The van der Waals surface area contributed by atoms with Crippen molar-refractivity contribution in [1.29, 1.82) is 0 Å². The van der Waals surface area contributed by atoms with Crippen LogP contribution in [0.5, 0.6) is 0 Å². The van der Waals surface area contributed by atoms with Crippen LogP contribution in [-0.4, -0.2) is 48.1 Å². The van der Waals surface area contributed by atoms with Crippen LogP contribution in [0.1, 0.15) is 30.9 Å². The van der Waals surface area contributed by atoms with Gasteiger partial charge in [0.05, 0.1) is 19.1 Å². The third kappa shape index (κ3) is 7.09. The molecule has 168 valence electrons. The summed E-state index contributed by atoms with van der Waals surface area (Å²) in [5, 5.41) is 3.39. The molecular formula is C23H31IN4O3. The van der Waals surface area contributed by atoms with E-state index in [9.17, 15) is 9.59 Å². The number of hydrogen-bond acceptors (Lipinski definition) is 4. The van der Waals surface area contributed by atoms with Gasteiger partial charge in [0.1, 0.15) is 0 Å². The van der Waals surface area contributed by atoms with Gasteiger partial charge in [-0.2, -0.15) is 0 Å². The fourth-order valence-electron chi connectivity index (χ4n) is 3.69. The number of nitrogens with one attached hydrogen (secondary N) is 1. The molecule has 1 aromatic heterocycles. The molecule has 0 saturated carbocycles. The Bertz CT molecular complexity index is 927. The third-order valence-electron chi connectivity index (χ3n) is 5.28. The molecule has 8 heteroatoms. The van der Waals surface area contributed by atoms with E-state index in [0.717, 1.165) is 36.5 Å². The topological polar surface area (TPSA) is 75.9 Å². The molecule has 1 fully saturated rings. The Labute approximate surface area is 200 Å². The van der Waals surface area contributed by atoms with E-state index >= 15 is 0 Å². The molecule has 0 spiro atoms. The molecule has 1 atom stereocenters. The predicted molar refractivity (Wildman–Crippen MR) is 133 cm³/mol. The Morgan fingerprint density at radius 1 is 1.19 bits per heavy atom. The summed E-state index contributed by atoms with van der Waals surface area (Å²) in [6.07, 6.45) is 3.60. The second-order valence-electron chi connectivity index (χ2n) is 7.42. The monoisotopic (exact) mass is 538 g/mol. The van der Waals surface area contributed by atoms with Gasteiger partial charge in [-0.3, -0.25) is 14.6 Å². The maximum atomic E-state index is 12.1. The minimum absolute atomic E-state index is 0. The van der Waals surface area contributed by atoms with E-state index in [0.29, 0.717) is 26.2 Å². The summed E-state index contributed by atoms with van der Waals surface area (Å²) in [6, 6.07) is 13.4. The van der Waals surface area contributed by atoms with Crippen LogP contribution in [0.2, 0.25) is 0 Å². The number of hydrogen-bond donors (Lipinski definition) is 1. The number of pyridine rings is 1. The SMILES string of the molecule is CCOC(=O)C1CCCN(C(=NC)NCc2ccc(Cn3ccccc3=O)cc2)C1.I. The second kappa shape index (κ2) is 12.5. The number of rotatable bonds is 6. The molecule has 2 heterocycles. The molecule has 1 aliphatic rings. The summed E-state index contributed by atoms with van der Waals surface area (Å²) in [4.78, 5) is 30.5. The summed E-state index contributed by atoms with van der Waals surface area (Å²) in [5.74, 6) is 0.576. The van der Waals surface area contributed by atoms with Crippen molar-refractivity contribution in [1.82, 2.24) is 14.8 Å². The van der Waals surface area contributed by atoms with E-state index in [-0.39, 0.29) is 41.4 Å². The van der Waals surface area contributed by atoms with Crippen molar-refractivity contribution in [2.24, 2.45) is 10.9 Å². The average molecular weight is 538 g/mol. The van der Waals surface area contributed by atoms with E-state index in [4.69, 9.17) is 4.74 Å². The lowest BCUT2D eigenvalue weighted by Gasteiger charge is -2.34. The molecular weight excluding hydrogens is 507 g/mol. The number of piperidine rings is 1. The summed E-state index contributed by atoms with van der Waals surface area (Å²) in [7, 11) is 1.76. The number of guanidine groups is 1. The van der Waals surface area contributed by atoms with Gasteiger partial charge in [-0.05, 0) is 37.0 Å². The predicted octanol–water partition coefficient (Wildman–Crippen LogP) is 2.87. The second-order valence-corrected chi connectivity index (χ2v) is 7.42. The van der Waals surface area contributed by atoms with Crippen molar-refractivity contribution < 1.29 is 9.53 Å². The lowest BCUT2D eigenvalue weighted by atomic mass is 9.98. The van der Waals surface area contributed by atoms with Crippen molar-refractivity contribution >= 4 is 35.9 Å². The molecule has 31 heavy (non-hydrogen) atoms. The van der Waals surface area contributed by atoms with Gasteiger partial charge in [0.15, 0.2) is 5.96 Å². The molecule has 0 amide bonds. The van der Waals surface area contributed by atoms with Gasteiger partial charge < -0.3 is 19.5 Å². The minimum Gasteiger partial charge on any atom is -0.466 e. The quantitative estimate of drug-likeness (QED) is 0.265. The molecule has 7 nitrogen and oxygen atoms in total. The minimum atomic E-state index is -0.120. The van der Waals surface area contributed by atoms with Gasteiger partial charge in [0.2, 0.25) is 0 Å². The summed E-state index contributed by atoms with van der Waals surface area (Å²) in [5.41, 5.74) is 2.19. The zero-order chi connectivity index (χ0) is 21.3. The number of halogens is 1. The average Bonchev–Trinajstić information content (AvgIpc) is 2.77. The first kappa shape index (κ1) is 24.9. The molecule has 2 aromatic rings. The zero-order valence-corrected chi connectivity index (χ0v) is 20.5. The molecule has 1 N–H and O–H groups in total. The summed E-state index contributed by atoms with van der Waals surface area (Å²) < 4.78 is 6.87. The molecule has 1 aliphatic heterocycles. The number of ether oxygens (including phenoxy) is 1. The number of esters is 1. The van der Waals surface area contributed by atoms with Crippen LogP contribution in [0.3, 0.4) is 0 Å². The van der Waals surface area contributed by atoms with Crippen LogP contribution in [0.25, 0.3) is 0 Å². The highest BCUT2D eigenvalue weighted by Gasteiger charge is 2.28. The molecule has 0 bridgehead atoms. The highest BCUT2D eigenvalue weighted by molar-refractivity contribution is 14.0. The van der Waals surface area contributed by atoms with E-state index in [1.165, 1.54) is 0 Å². The van der Waals surface area contributed by atoms with Gasteiger partial charge >= 0.3 is 5.97 Å². The largest absolute Gasteiger partial charge is 0.466 e. The van der Waals surface area contributed by atoms with Gasteiger partial charge in [-0.15, -0.1) is 24.0 Å².